The number of nitrogens with zero attached hydrogens (tertiary/aromatic N) is 2. The Labute approximate surface area is 155 Å². The number of nitrogens with one attached hydrogen (secondary N) is 1. The van der Waals surface area contributed by atoms with Crippen molar-refractivity contribution in [3.63, 3.8) is 0 Å². The van der Waals surface area contributed by atoms with Gasteiger partial charge in [0, 0.05) is 13.1 Å². The van der Waals surface area contributed by atoms with Gasteiger partial charge in [0.25, 0.3) is 5.91 Å². The van der Waals surface area contributed by atoms with Gasteiger partial charge < -0.3 is 15.0 Å². The first kappa shape index (κ1) is 18.7. The molecule has 1 unspecified atom stereocenters. The van der Waals surface area contributed by atoms with Crippen LogP contribution in [0.3, 0.4) is 0 Å². The molecule has 2 saturated heterocycles. The summed E-state index contributed by atoms with van der Waals surface area (Å²) in [7, 11) is 1.63. The average molecular weight is 359 g/mol. The Morgan fingerprint density at radius 3 is 2.50 bits per heavy atom. The number of hydrogen-bond acceptors (Lipinski definition) is 4. The van der Waals surface area contributed by atoms with E-state index in [0.717, 1.165) is 36.5 Å². The normalized spacial score (nSPS) is 24.0. The van der Waals surface area contributed by atoms with Crippen LogP contribution in [-0.2, 0) is 10.3 Å². The largest absolute Gasteiger partial charge is 0.496 e. The van der Waals surface area contributed by atoms with E-state index in [9.17, 15) is 9.59 Å². The maximum atomic E-state index is 13.2. The third-order valence-electron chi connectivity index (χ3n) is 5.68. The summed E-state index contributed by atoms with van der Waals surface area (Å²) in [5.41, 5.74) is 0.791. The Balaban J connectivity index is 1.79. The van der Waals surface area contributed by atoms with Crippen LogP contribution in [0.5, 0.6) is 5.75 Å². The van der Waals surface area contributed by atoms with Crippen molar-refractivity contribution in [1.29, 1.82) is 0 Å². The monoisotopic (exact) mass is 359 g/mol. The van der Waals surface area contributed by atoms with Crippen LogP contribution in [0.4, 0.5) is 4.79 Å². The van der Waals surface area contributed by atoms with Crippen molar-refractivity contribution in [3.8, 4) is 5.75 Å². The van der Waals surface area contributed by atoms with Crippen LogP contribution in [0.25, 0.3) is 0 Å². The molecule has 6 nitrogen and oxygen atoms in total. The van der Waals surface area contributed by atoms with Crippen LogP contribution in [-0.4, -0.2) is 55.0 Å². The Hall–Kier alpha value is -2.08. The fourth-order valence-corrected chi connectivity index (χ4v) is 4.04. The highest BCUT2D eigenvalue weighted by molar-refractivity contribution is 6.07. The number of rotatable bonds is 6. The van der Waals surface area contributed by atoms with Gasteiger partial charge in [-0.1, -0.05) is 19.4 Å². The van der Waals surface area contributed by atoms with E-state index >= 15 is 0 Å². The lowest BCUT2D eigenvalue weighted by molar-refractivity contribution is -0.132. The first-order valence-electron chi connectivity index (χ1n) is 9.53. The van der Waals surface area contributed by atoms with E-state index in [1.807, 2.05) is 32.0 Å². The van der Waals surface area contributed by atoms with E-state index in [-0.39, 0.29) is 11.9 Å². The zero-order valence-corrected chi connectivity index (χ0v) is 16.0. The number of methoxy groups -OCH3 is 1. The van der Waals surface area contributed by atoms with Crippen LogP contribution in [0.15, 0.2) is 18.2 Å². The lowest BCUT2D eigenvalue weighted by atomic mass is 9.86. The second-order valence-corrected chi connectivity index (χ2v) is 7.23. The van der Waals surface area contributed by atoms with Gasteiger partial charge in [-0.2, -0.15) is 0 Å². The first-order chi connectivity index (χ1) is 12.5. The van der Waals surface area contributed by atoms with Gasteiger partial charge in [0.2, 0.25) is 0 Å². The summed E-state index contributed by atoms with van der Waals surface area (Å²) in [6.45, 7) is 7.19. The number of benzene rings is 1. The van der Waals surface area contributed by atoms with E-state index in [0.29, 0.717) is 13.0 Å². The topological polar surface area (TPSA) is 61.9 Å². The fraction of sp³-hybridized carbons (Fsp3) is 0.600. The molecule has 2 aliphatic rings. The van der Waals surface area contributed by atoms with E-state index < -0.39 is 5.54 Å². The summed E-state index contributed by atoms with van der Waals surface area (Å²) in [6.07, 6.45) is 4.19. The molecule has 1 atom stereocenters. The smallest absolute Gasteiger partial charge is 0.325 e. The van der Waals surface area contributed by atoms with E-state index in [1.165, 1.54) is 24.2 Å². The molecule has 0 bridgehead atoms. The Morgan fingerprint density at radius 1 is 1.15 bits per heavy atom. The summed E-state index contributed by atoms with van der Waals surface area (Å²) in [5.74, 6) is 0.630. The highest BCUT2D eigenvalue weighted by Crippen LogP contribution is 2.34. The van der Waals surface area contributed by atoms with Crippen molar-refractivity contribution in [1.82, 2.24) is 15.1 Å². The lowest BCUT2D eigenvalue weighted by Crippen LogP contribution is -2.44. The minimum atomic E-state index is -0.976. The molecule has 0 spiro atoms. The molecule has 2 fully saturated rings. The fourth-order valence-electron chi connectivity index (χ4n) is 4.04. The molecule has 0 aromatic heterocycles. The van der Waals surface area contributed by atoms with E-state index in [1.54, 1.807) is 7.11 Å². The summed E-state index contributed by atoms with van der Waals surface area (Å²) >= 11 is 0. The Bertz CT molecular complexity index is 685. The highest BCUT2D eigenvalue weighted by Gasteiger charge is 2.51. The maximum absolute atomic E-state index is 13.2. The number of carbonyl (C=O) groups excluding carboxylic acids is 2. The number of aryl methyl sites for hydroxylation is 1. The van der Waals surface area contributed by atoms with Gasteiger partial charge in [-0.3, -0.25) is 9.69 Å². The molecule has 1 aromatic rings. The molecule has 6 heteroatoms. The summed E-state index contributed by atoms with van der Waals surface area (Å²) < 4.78 is 5.32. The van der Waals surface area contributed by atoms with Gasteiger partial charge in [-0.15, -0.1) is 0 Å². The van der Waals surface area contributed by atoms with Gasteiger partial charge in [0.15, 0.2) is 0 Å². The van der Waals surface area contributed by atoms with Crippen LogP contribution in [0, 0.1) is 6.92 Å². The number of likely N-dealkylation sites (tertiary alicyclic amines) is 1. The zero-order chi connectivity index (χ0) is 18.7. The summed E-state index contributed by atoms with van der Waals surface area (Å²) in [5, 5.41) is 2.96. The molecule has 3 amide bonds. The van der Waals surface area contributed by atoms with Crippen molar-refractivity contribution in [3.05, 3.63) is 29.3 Å². The summed E-state index contributed by atoms with van der Waals surface area (Å²) in [6, 6.07) is 5.39. The third-order valence-corrected chi connectivity index (χ3v) is 5.68. The number of imide groups is 1. The third kappa shape index (κ3) is 3.30. The molecule has 0 aliphatic carbocycles. The molecule has 0 saturated carbocycles. The second-order valence-electron chi connectivity index (χ2n) is 7.23. The van der Waals surface area contributed by atoms with E-state index in [4.69, 9.17) is 4.74 Å². The molecule has 1 aromatic carbocycles. The lowest BCUT2D eigenvalue weighted by Gasteiger charge is -2.29. The van der Waals surface area contributed by atoms with Crippen LogP contribution in [0.2, 0.25) is 0 Å². The Morgan fingerprint density at radius 2 is 1.88 bits per heavy atom. The molecule has 0 radical (unpaired) electrons. The van der Waals surface area contributed by atoms with Crippen molar-refractivity contribution in [2.45, 2.75) is 45.1 Å². The van der Waals surface area contributed by atoms with Crippen LogP contribution >= 0.6 is 0 Å². The minimum absolute atomic E-state index is 0.147. The van der Waals surface area contributed by atoms with Crippen molar-refractivity contribution >= 4 is 11.9 Å². The molecule has 26 heavy (non-hydrogen) atoms. The quantitative estimate of drug-likeness (QED) is 0.793. The average Bonchev–Trinajstić information content (AvgIpc) is 2.91. The van der Waals surface area contributed by atoms with Gasteiger partial charge in [-0.25, -0.2) is 4.79 Å². The number of amides is 3. The predicted molar refractivity (Wildman–Crippen MR) is 100 cm³/mol. The van der Waals surface area contributed by atoms with Gasteiger partial charge in [0.05, 0.1) is 7.11 Å². The van der Waals surface area contributed by atoms with Crippen molar-refractivity contribution < 1.29 is 14.3 Å². The Kier molecular flexibility index (Phi) is 5.51. The molecule has 2 aliphatic heterocycles. The molecule has 2 heterocycles. The molecule has 3 rings (SSSR count). The SMILES string of the molecule is CCC1(c2ccc(OC)c(C)c2)NC(=O)N(CCN2CCCCC2)C1=O. The van der Waals surface area contributed by atoms with Gasteiger partial charge in [-0.05, 0) is 62.5 Å². The number of carbonyl (C=O) groups is 2. The number of urea groups is 1. The predicted octanol–water partition coefficient (Wildman–Crippen LogP) is 2.65. The van der Waals surface area contributed by atoms with Crippen LogP contribution in [0.1, 0.15) is 43.7 Å². The van der Waals surface area contributed by atoms with Crippen molar-refractivity contribution in [2.75, 3.05) is 33.3 Å². The maximum Gasteiger partial charge on any atom is 0.325 e. The molecular formula is C20H29N3O3. The van der Waals surface area contributed by atoms with Crippen LogP contribution < -0.4 is 10.1 Å². The molecule has 1 N–H and O–H groups in total. The first-order valence-corrected chi connectivity index (χ1v) is 9.53. The number of piperidine rings is 1. The number of hydrogen-bond donors (Lipinski definition) is 1. The second kappa shape index (κ2) is 7.66. The standard InChI is InChI=1S/C20H29N3O3/c1-4-20(16-8-9-17(26-3)15(2)14-16)18(24)23(19(25)21-20)13-12-22-10-6-5-7-11-22/h8-9,14H,4-7,10-13H2,1-3H3,(H,21,25). The highest BCUT2D eigenvalue weighted by atomic mass is 16.5. The van der Waals surface area contributed by atoms with Gasteiger partial charge in [0.1, 0.15) is 11.3 Å². The van der Waals surface area contributed by atoms with Crippen molar-refractivity contribution in [2.24, 2.45) is 0 Å². The van der Waals surface area contributed by atoms with Gasteiger partial charge >= 0.3 is 6.03 Å². The molecular weight excluding hydrogens is 330 g/mol. The van der Waals surface area contributed by atoms with E-state index in [2.05, 4.69) is 10.2 Å². The molecule has 142 valence electrons. The summed E-state index contributed by atoms with van der Waals surface area (Å²) in [4.78, 5) is 29.5. The number of ether oxygens (including phenoxy) is 1. The minimum Gasteiger partial charge on any atom is -0.496 e. The zero-order valence-electron chi connectivity index (χ0n) is 16.0.